The molecule has 0 aliphatic carbocycles. The van der Waals surface area contributed by atoms with Crippen molar-refractivity contribution in [3.05, 3.63) is 16.9 Å². The highest BCUT2D eigenvalue weighted by molar-refractivity contribution is 9.10. The van der Waals surface area contributed by atoms with Gasteiger partial charge in [-0.15, -0.1) is 11.6 Å². The van der Waals surface area contributed by atoms with Crippen molar-refractivity contribution in [1.29, 1.82) is 0 Å². The molecule has 0 amide bonds. The highest BCUT2D eigenvalue weighted by Gasteiger charge is 2.20. The van der Waals surface area contributed by atoms with Gasteiger partial charge in [-0.1, -0.05) is 0 Å². The predicted octanol–water partition coefficient (Wildman–Crippen LogP) is 2.69. The molecule has 15 heavy (non-hydrogen) atoms. The number of halogens is 2. The third kappa shape index (κ3) is 2.82. The van der Waals surface area contributed by atoms with Crippen LogP contribution in [0.4, 0.5) is 5.95 Å². The minimum atomic E-state index is 0.577. The largest absolute Gasteiger partial charge is 0.341 e. The molecule has 82 valence electrons. The molecule has 2 rings (SSSR count). The molecule has 5 heteroatoms. The lowest BCUT2D eigenvalue weighted by atomic mass is 10.0. The number of rotatable bonds is 2. The van der Waals surface area contributed by atoms with Crippen molar-refractivity contribution < 1.29 is 0 Å². The van der Waals surface area contributed by atoms with E-state index in [0.29, 0.717) is 5.92 Å². The minimum absolute atomic E-state index is 0.577. The van der Waals surface area contributed by atoms with E-state index in [4.69, 9.17) is 11.6 Å². The van der Waals surface area contributed by atoms with Gasteiger partial charge in [0.1, 0.15) is 0 Å². The van der Waals surface area contributed by atoms with Gasteiger partial charge < -0.3 is 4.90 Å². The summed E-state index contributed by atoms with van der Waals surface area (Å²) in [5, 5.41) is 0. The Balaban J connectivity index is 2.06. The van der Waals surface area contributed by atoms with Crippen LogP contribution in [-0.2, 0) is 0 Å². The first-order chi connectivity index (χ1) is 7.29. The molecule has 1 aromatic rings. The van der Waals surface area contributed by atoms with Crippen molar-refractivity contribution in [3.63, 3.8) is 0 Å². The summed E-state index contributed by atoms with van der Waals surface area (Å²) in [5.74, 6) is 2.12. The number of hydrogen-bond donors (Lipinski definition) is 0. The Morgan fingerprint density at radius 3 is 2.87 bits per heavy atom. The van der Waals surface area contributed by atoms with E-state index in [1.165, 1.54) is 12.8 Å². The molecule has 2 heterocycles. The van der Waals surface area contributed by atoms with Gasteiger partial charge in [-0.2, -0.15) is 0 Å². The summed E-state index contributed by atoms with van der Waals surface area (Å²) in [4.78, 5) is 10.8. The van der Waals surface area contributed by atoms with E-state index in [0.717, 1.165) is 29.4 Å². The second-order valence-corrected chi connectivity index (χ2v) is 5.03. The molecule has 0 saturated carbocycles. The van der Waals surface area contributed by atoms with Crippen LogP contribution in [0, 0.1) is 5.92 Å². The topological polar surface area (TPSA) is 29.0 Å². The second-order valence-electron chi connectivity index (χ2n) is 3.81. The fourth-order valence-electron chi connectivity index (χ4n) is 1.84. The van der Waals surface area contributed by atoms with Crippen molar-refractivity contribution in [3.8, 4) is 0 Å². The minimum Gasteiger partial charge on any atom is -0.341 e. The Morgan fingerprint density at radius 1 is 1.47 bits per heavy atom. The van der Waals surface area contributed by atoms with Crippen LogP contribution in [0.25, 0.3) is 0 Å². The smallest absolute Gasteiger partial charge is 0.225 e. The Bertz CT molecular complexity index is 317. The van der Waals surface area contributed by atoms with Gasteiger partial charge in [0, 0.05) is 31.4 Å². The quantitative estimate of drug-likeness (QED) is 0.784. The molecule has 1 aromatic heterocycles. The lowest BCUT2D eigenvalue weighted by Crippen LogP contribution is -2.37. The molecule has 0 spiro atoms. The predicted molar refractivity (Wildman–Crippen MR) is 65.4 cm³/mol. The van der Waals surface area contributed by atoms with E-state index >= 15 is 0 Å². The van der Waals surface area contributed by atoms with Crippen LogP contribution < -0.4 is 4.90 Å². The van der Waals surface area contributed by atoms with E-state index in [9.17, 15) is 0 Å². The van der Waals surface area contributed by atoms with Crippen molar-refractivity contribution in [2.75, 3.05) is 23.9 Å². The summed E-state index contributed by atoms with van der Waals surface area (Å²) in [7, 11) is 0. The number of piperidine rings is 1. The number of nitrogens with zero attached hydrogens (tertiary/aromatic N) is 3. The first-order valence-electron chi connectivity index (χ1n) is 5.08. The zero-order valence-corrected chi connectivity index (χ0v) is 10.7. The highest BCUT2D eigenvalue weighted by atomic mass is 79.9. The van der Waals surface area contributed by atoms with Gasteiger partial charge in [0.15, 0.2) is 0 Å². The zero-order chi connectivity index (χ0) is 10.7. The van der Waals surface area contributed by atoms with Crippen molar-refractivity contribution in [1.82, 2.24) is 9.97 Å². The fraction of sp³-hybridized carbons (Fsp3) is 0.600. The van der Waals surface area contributed by atoms with Crippen LogP contribution in [0.1, 0.15) is 12.8 Å². The number of alkyl halides is 1. The molecular weight excluding hydrogens is 277 g/mol. The Hall–Kier alpha value is -0.350. The molecule has 0 aromatic carbocycles. The maximum atomic E-state index is 5.88. The summed E-state index contributed by atoms with van der Waals surface area (Å²) in [6.07, 6.45) is 5.96. The molecule has 1 aliphatic rings. The van der Waals surface area contributed by atoms with Gasteiger partial charge in [0.25, 0.3) is 0 Å². The molecule has 1 fully saturated rings. The van der Waals surface area contributed by atoms with E-state index < -0.39 is 0 Å². The molecule has 3 nitrogen and oxygen atoms in total. The van der Waals surface area contributed by atoms with Crippen LogP contribution >= 0.6 is 27.5 Å². The summed E-state index contributed by atoms with van der Waals surface area (Å²) >= 11 is 9.21. The number of aromatic nitrogens is 2. The van der Waals surface area contributed by atoms with E-state index in [1.54, 1.807) is 12.4 Å². The van der Waals surface area contributed by atoms with Crippen molar-refractivity contribution >= 4 is 33.5 Å². The third-order valence-corrected chi connectivity index (χ3v) is 3.47. The molecule has 1 unspecified atom stereocenters. The average molecular weight is 291 g/mol. The lowest BCUT2D eigenvalue weighted by Gasteiger charge is -2.31. The average Bonchev–Trinajstić information content (AvgIpc) is 2.30. The summed E-state index contributed by atoms with van der Waals surface area (Å²) in [6.45, 7) is 2.01. The monoisotopic (exact) mass is 289 g/mol. The van der Waals surface area contributed by atoms with Gasteiger partial charge in [0.05, 0.1) is 4.47 Å². The summed E-state index contributed by atoms with van der Waals surface area (Å²) in [5.41, 5.74) is 0. The van der Waals surface area contributed by atoms with Crippen LogP contribution in [0.3, 0.4) is 0 Å². The van der Waals surface area contributed by atoms with Crippen LogP contribution in [0.5, 0.6) is 0 Å². The van der Waals surface area contributed by atoms with Crippen LogP contribution in [0.2, 0.25) is 0 Å². The number of anilines is 1. The van der Waals surface area contributed by atoms with Crippen molar-refractivity contribution in [2.24, 2.45) is 5.92 Å². The molecule has 0 radical (unpaired) electrons. The first-order valence-corrected chi connectivity index (χ1v) is 6.41. The van der Waals surface area contributed by atoms with E-state index in [1.807, 2.05) is 0 Å². The van der Waals surface area contributed by atoms with E-state index in [2.05, 4.69) is 30.8 Å². The third-order valence-electron chi connectivity index (χ3n) is 2.63. The van der Waals surface area contributed by atoms with Gasteiger partial charge in [-0.25, -0.2) is 9.97 Å². The van der Waals surface area contributed by atoms with Crippen molar-refractivity contribution in [2.45, 2.75) is 12.8 Å². The molecule has 0 bridgehead atoms. The van der Waals surface area contributed by atoms with Crippen LogP contribution in [-0.4, -0.2) is 28.9 Å². The Morgan fingerprint density at radius 2 is 2.20 bits per heavy atom. The normalized spacial score (nSPS) is 21.7. The standard InChI is InChI=1S/C10H13BrClN3/c11-9-5-13-10(14-6-9)15-3-1-2-8(4-12)7-15/h5-6,8H,1-4,7H2. The Kier molecular flexibility index (Phi) is 3.81. The van der Waals surface area contributed by atoms with Gasteiger partial charge in [0.2, 0.25) is 5.95 Å². The highest BCUT2D eigenvalue weighted by Crippen LogP contribution is 2.21. The first kappa shape index (κ1) is 11.1. The van der Waals surface area contributed by atoms with Crippen LogP contribution in [0.15, 0.2) is 16.9 Å². The maximum absolute atomic E-state index is 5.88. The second kappa shape index (κ2) is 5.12. The van der Waals surface area contributed by atoms with E-state index in [-0.39, 0.29) is 0 Å². The SMILES string of the molecule is ClCC1CCCN(c2ncc(Br)cn2)C1. The zero-order valence-electron chi connectivity index (χ0n) is 8.37. The summed E-state index contributed by atoms with van der Waals surface area (Å²) in [6, 6.07) is 0. The fourth-order valence-corrected chi connectivity index (χ4v) is 2.30. The molecule has 1 atom stereocenters. The maximum Gasteiger partial charge on any atom is 0.225 e. The lowest BCUT2D eigenvalue weighted by molar-refractivity contribution is 0.446. The number of hydrogen-bond acceptors (Lipinski definition) is 3. The molecule has 1 saturated heterocycles. The molecule has 0 N–H and O–H groups in total. The molecule has 1 aliphatic heterocycles. The van der Waals surface area contributed by atoms with Gasteiger partial charge >= 0.3 is 0 Å². The van der Waals surface area contributed by atoms with Gasteiger partial charge in [-0.3, -0.25) is 0 Å². The molecular formula is C10H13BrClN3. The summed E-state index contributed by atoms with van der Waals surface area (Å²) < 4.78 is 0.914. The van der Waals surface area contributed by atoms with Gasteiger partial charge in [-0.05, 0) is 34.7 Å². The Labute approximate surface area is 103 Å².